The van der Waals surface area contributed by atoms with Crippen LogP contribution in [0, 0.1) is 5.92 Å². The third-order valence-electron chi connectivity index (χ3n) is 5.39. The highest BCUT2D eigenvalue weighted by Crippen LogP contribution is 2.23. The Hall–Kier alpha value is -0.120. The van der Waals surface area contributed by atoms with Gasteiger partial charge in [-0.3, -0.25) is 0 Å². The van der Waals surface area contributed by atoms with Gasteiger partial charge in [0.1, 0.15) is 0 Å². The first kappa shape index (κ1) is 15.3. The van der Waals surface area contributed by atoms with Crippen LogP contribution in [0.2, 0.25) is 0 Å². The highest BCUT2D eigenvalue weighted by molar-refractivity contribution is 4.91. The smallest absolute Gasteiger partial charge is 0.0303 e. The molecule has 0 aromatic heterocycles. The van der Waals surface area contributed by atoms with Crippen molar-refractivity contribution in [3.63, 3.8) is 0 Å². The minimum absolute atomic E-state index is 0.377. The van der Waals surface area contributed by atoms with Crippen LogP contribution in [0.1, 0.15) is 46.0 Å². The number of nitrogens with zero attached hydrogens (tertiary/aromatic N) is 2. The molecule has 3 heteroatoms. The molecule has 112 valence electrons. The molecule has 2 aliphatic heterocycles. The summed E-state index contributed by atoms with van der Waals surface area (Å²) in [7, 11) is 2.26. The van der Waals surface area contributed by atoms with Crippen molar-refractivity contribution in [2.45, 2.75) is 51.5 Å². The second kappa shape index (κ2) is 7.05. The number of hydrogen-bond donors (Lipinski definition) is 1. The zero-order valence-corrected chi connectivity index (χ0v) is 13.2. The first-order chi connectivity index (χ1) is 9.17. The fraction of sp³-hybridized carbons (Fsp3) is 1.00. The third kappa shape index (κ3) is 4.17. The molecule has 19 heavy (non-hydrogen) atoms. The van der Waals surface area contributed by atoms with Crippen LogP contribution in [0.5, 0.6) is 0 Å². The molecule has 0 bridgehead atoms. The zero-order chi connectivity index (χ0) is 13.7. The normalized spacial score (nSPS) is 27.3. The minimum atomic E-state index is 0.377. The van der Waals surface area contributed by atoms with Gasteiger partial charge in [-0.15, -0.1) is 0 Å². The van der Waals surface area contributed by atoms with Gasteiger partial charge in [-0.25, -0.2) is 0 Å². The van der Waals surface area contributed by atoms with Gasteiger partial charge >= 0.3 is 0 Å². The van der Waals surface area contributed by atoms with E-state index in [-0.39, 0.29) is 0 Å². The van der Waals surface area contributed by atoms with Gasteiger partial charge in [0.05, 0.1) is 0 Å². The van der Waals surface area contributed by atoms with Crippen LogP contribution in [0.15, 0.2) is 0 Å². The van der Waals surface area contributed by atoms with Crippen molar-refractivity contribution in [1.82, 2.24) is 15.1 Å². The second-order valence-corrected chi connectivity index (χ2v) is 6.75. The lowest BCUT2D eigenvalue weighted by atomic mass is 9.91. The highest BCUT2D eigenvalue weighted by atomic mass is 15.2. The van der Waals surface area contributed by atoms with Crippen LogP contribution in [-0.2, 0) is 0 Å². The van der Waals surface area contributed by atoms with Crippen LogP contribution in [0.25, 0.3) is 0 Å². The number of hydrogen-bond acceptors (Lipinski definition) is 3. The molecule has 0 unspecified atom stereocenters. The third-order valence-corrected chi connectivity index (χ3v) is 5.39. The number of nitrogens with one attached hydrogen (secondary N) is 1. The summed E-state index contributed by atoms with van der Waals surface area (Å²) < 4.78 is 0. The quantitative estimate of drug-likeness (QED) is 0.842. The Balaban J connectivity index is 1.88. The largest absolute Gasteiger partial charge is 0.310 e. The molecule has 1 N–H and O–H groups in total. The summed E-state index contributed by atoms with van der Waals surface area (Å²) in [5.41, 5.74) is 0.377. The van der Waals surface area contributed by atoms with Crippen molar-refractivity contribution >= 4 is 0 Å². The molecule has 0 aliphatic carbocycles. The zero-order valence-electron chi connectivity index (χ0n) is 13.2. The van der Waals surface area contributed by atoms with Gasteiger partial charge in [0.25, 0.3) is 0 Å². The van der Waals surface area contributed by atoms with Crippen molar-refractivity contribution in [3.05, 3.63) is 0 Å². The number of rotatable bonds is 4. The molecule has 0 aromatic rings. The molecule has 2 saturated heterocycles. The van der Waals surface area contributed by atoms with Gasteiger partial charge in [0.2, 0.25) is 0 Å². The monoisotopic (exact) mass is 267 g/mol. The maximum atomic E-state index is 3.82. The molecule has 0 aromatic carbocycles. The maximum Gasteiger partial charge on any atom is 0.0303 e. The molecule has 0 atom stereocenters. The van der Waals surface area contributed by atoms with E-state index in [4.69, 9.17) is 0 Å². The molecule has 2 fully saturated rings. The van der Waals surface area contributed by atoms with Crippen molar-refractivity contribution in [3.8, 4) is 0 Å². The minimum Gasteiger partial charge on any atom is -0.310 e. The lowest BCUT2D eigenvalue weighted by Gasteiger charge is -2.38. The van der Waals surface area contributed by atoms with E-state index in [0.717, 1.165) is 5.92 Å². The Morgan fingerprint density at radius 1 is 1.11 bits per heavy atom. The Morgan fingerprint density at radius 3 is 2.42 bits per heavy atom. The van der Waals surface area contributed by atoms with Crippen molar-refractivity contribution < 1.29 is 0 Å². The van der Waals surface area contributed by atoms with E-state index < -0.39 is 0 Å². The van der Waals surface area contributed by atoms with E-state index in [1.165, 1.54) is 71.4 Å². The molecule has 2 aliphatic rings. The molecule has 0 amide bonds. The van der Waals surface area contributed by atoms with Crippen molar-refractivity contribution in [2.24, 2.45) is 5.92 Å². The van der Waals surface area contributed by atoms with Gasteiger partial charge in [-0.05, 0) is 71.2 Å². The predicted molar refractivity (Wildman–Crippen MR) is 82.6 cm³/mol. The van der Waals surface area contributed by atoms with Crippen LogP contribution < -0.4 is 5.32 Å². The van der Waals surface area contributed by atoms with E-state index in [2.05, 4.69) is 36.0 Å². The average molecular weight is 267 g/mol. The Labute approximate surface area is 119 Å². The predicted octanol–water partition coefficient (Wildman–Crippen LogP) is 2.18. The van der Waals surface area contributed by atoms with Gasteiger partial charge in [0.15, 0.2) is 0 Å². The molecular formula is C16H33N3. The molecule has 3 nitrogen and oxygen atoms in total. The molecule has 0 spiro atoms. The van der Waals surface area contributed by atoms with E-state index in [0.29, 0.717) is 5.54 Å². The van der Waals surface area contributed by atoms with E-state index in [1.54, 1.807) is 0 Å². The Morgan fingerprint density at radius 2 is 1.79 bits per heavy atom. The first-order valence-corrected chi connectivity index (χ1v) is 8.33. The Bertz CT molecular complexity index is 255. The lowest BCUT2D eigenvalue weighted by molar-refractivity contribution is 0.137. The van der Waals surface area contributed by atoms with Crippen LogP contribution in [0.3, 0.4) is 0 Å². The van der Waals surface area contributed by atoms with Crippen molar-refractivity contribution in [2.75, 3.05) is 46.3 Å². The van der Waals surface area contributed by atoms with Gasteiger partial charge in [-0.2, -0.15) is 0 Å². The first-order valence-electron chi connectivity index (χ1n) is 8.33. The highest BCUT2D eigenvalue weighted by Gasteiger charge is 2.31. The summed E-state index contributed by atoms with van der Waals surface area (Å²) in [6, 6.07) is 0. The topological polar surface area (TPSA) is 18.5 Å². The Kier molecular flexibility index (Phi) is 5.67. The second-order valence-electron chi connectivity index (χ2n) is 6.75. The molecule has 2 heterocycles. The average Bonchev–Trinajstić information content (AvgIpc) is 2.64. The summed E-state index contributed by atoms with van der Waals surface area (Å²) in [4.78, 5) is 5.23. The molecule has 0 saturated carbocycles. The maximum absolute atomic E-state index is 3.82. The molecule has 2 rings (SSSR count). The van der Waals surface area contributed by atoms with Crippen LogP contribution in [-0.4, -0.2) is 61.7 Å². The summed E-state index contributed by atoms with van der Waals surface area (Å²) in [6.07, 6.45) is 6.62. The van der Waals surface area contributed by atoms with E-state index >= 15 is 0 Å². The number of piperidine rings is 1. The lowest BCUT2D eigenvalue weighted by Crippen LogP contribution is -2.51. The molecule has 0 radical (unpaired) electrons. The molecular weight excluding hydrogens is 234 g/mol. The van der Waals surface area contributed by atoms with E-state index in [9.17, 15) is 0 Å². The standard InChI is InChI=1S/C16H33N3/c1-4-16(5-2)14-19(10-6-9-17-16)13-15-7-11-18(3)12-8-15/h15,17H,4-14H2,1-3H3. The summed E-state index contributed by atoms with van der Waals surface area (Å²) in [6.45, 7) is 12.4. The summed E-state index contributed by atoms with van der Waals surface area (Å²) in [5, 5.41) is 3.82. The van der Waals surface area contributed by atoms with Crippen LogP contribution >= 0.6 is 0 Å². The summed E-state index contributed by atoms with van der Waals surface area (Å²) >= 11 is 0. The SMILES string of the molecule is CCC1(CC)CN(CC2CCN(C)CC2)CCCN1. The van der Waals surface area contributed by atoms with Crippen molar-refractivity contribution in [1.29, 1.82) is 0 Å². The van der Waals surface area contributed by atoms with E-state index in [1.807, 2.05) is 0 Å². The fourth-order valence-corrected chi connectivity index (χ4v) is 3.71. The van der Waals surface area contributed by atoms with Gasteiger partial charge in [-0.1, -0.05) is 13.8 Å². The van der Waals surface area contributed by atoms with Crippen LogP contribution in [0.4, 0.5) is 0 Å². The van der Waals surface area contributed by atoms with Gasteiger partial charge < -0.3 is 15.1 Å². The fourth-order valence-electron chi connectivity index (χ4n) is 3.71. The summed E-state index contributed by atoms with van der Waals surface area (Å²) in [5.74, 6) is 0.931. The van der Waals surface area contributed by atoms with Gasteiger partial charge in [0, 0.05) is 18.6 Å². The number of likely N-dealkylation sites (tertiary alicyclic amines) is 1.